The predicted octanol–water partition coefficient (Wildman–Crippen LogP) is 5.23. The number of benzene rings is 2. The van der Waals surface area contributed by atoms with Crippen molar-refractivity contribution in [3.63, 3.8) is 0 Å². The van der Waals surface area contributed by atoms with Crippen molar-refractivity contribution in [2.24, 2.45) is 27.9 Å². The van der Waals surface area contributed by atoms with Crippen molar-refractivity contribution < 1.29 is 19.1 Å². The second-order valence-corrected chi connectivity index (χ2v) is 15.2. The first-order chi connectivity index (χ1) is 22.7. The largest absolute Gasteiger partial charge is 0.494 e. The smallest absolute Gasteiger partial charge is 0.243 e. The van der Waals surface area contributed by atoms with Gasteiger partial charge in [-0.15, -0.1) is 0 Å². The summed E-state index contributed by atoms with van der Waals surface area (Å²) in [6, 6.07) is 15.9. The van der Waals surface area contributed by atoms with Crippen molar-refractivity contribution in [3.05, 3.63) is 65.7 Å². The van der Waals surface area contributed by atoms with Crippen LogP contribution in [0, 0.1) is 22.2 Å². The fourth-order valence-electron chi connectivity index (χ4n) is 8.88. The van der Waals surface area contributed by atoms with Gasteiger partial charge in [0.05, 0.1) is 6.61 Å². The Hall–Kier alpha value is -3.39. The van der Waals surface area contributed by atoms with Crippen LogP contribution < -0.4 is 26.4 Å². The summed E-state index contributed by atoms with van der Waals surface area (Å²) >= 11 is 0. The van der Waals surface area contributed by atoms with Crippen LogP contribution in [0.25, 0.3) is 0 Å². The Balaban J connectivity index is 1.18. The molecular weight excluding hydrogens is 588 g/mol. The Labute approximate surface area is 280 Å². The first-order valence-electron chi connectivity index (χ1n) is 18.1. The molecule has 254 valence electrons. The minimum absolute atomic E-state index is 0.0203. The van der Waals surface area contributed by atoms with Crippen molar-refractivity contribution in [2.45, 2.75) is 109 Å². The first-order valence-corrected chi connectivity index (χ1v) is 18.1. The summed E-state index contributed by atoms with van der Waals surface area (Å²) in [5.74, 6) is 0.976. The van der Waals surface area contributed by atoms with Crippen LogP contribution in [0.1, 0.15) is 95.1 Å². The molecular formula is C39H54N4O4. The molecule has 3 amide bonds. The van der Waals surface area contributed by atoms with E-state index in [-0.39, 0.29) is 28.6 Å². The summed E-state index contributed by atoms with van der Waals surface area (Å²) in [5.41, 5.74) is 8.03. The summed E-state index contributed by atoms with van der Waals surface area (Å²) in [7, 11) is 0. The highest BCUT2D eigenvalue weighted by Crippen LogP contribution is 2.56. The van der Waals surface area contributed by atoms with Crippen LogP contribution in [-0.2, 0) is 27.2 Å². The van der Waals surface area contributed by atoms with Gasteiger partial charge in [0.1, 0.15) is 17.8 Å². The van der Waals surface area contributed by atoms with E-state index in [0.717, 1.165) is 106 Å². The number of carbonyl (C=O) groups is 3. The van der Waals surface area contributed by atoms with Crippen LogP contribution in [0.2, 0.25) is 0 Å². The highest BCUT2D eigenvalue weighted by molar-refractivity contribution is 5.93. The Bertz CT molecular complexity index is 1350. The van der Waals surface area contributed by atoms with Crippen LogP contribution in [0.4, 0.5) is 0 Å². The Kier molecular flexibility index (Phi) is 10.3. The number of ether oxygens (including phenoxy) is 1. The molecule has 2 aromatic carbocycles. The highest BCUT2D eigenvalue weighted by Gasteiger charge is 2.48. The van der Waals surface area contributed by atoms with Gasteiger partial charge in [-0.2, -0.15) is 0 Å². The van der Waals surface area contributed by atoms with Gasteiger partial charge in [-0.05, 0) is 131 Å². The molecule has 0 aliphatic heterocycles. The van der Waals surface area contributed by atoms with E-state index in [9.17, 15) is 14.4 Å². The van der Waals surface area contributed by atoms with E-state index in [0.29, 0.717) is 26.0 Å². The normalized spacial score (nSPS) is 29.0. The molecule has 8 nitrogen and oxygen atoms in total. The number of amides is 3. The summed E-state index contributed by atoms with van der Waals surface area (Å²) in [5, 5.41) is 9.55. The van der Waals surface area contributed by atoms with Crippen LogP contribution in [0.15, 0.2) is 54.6 Å². The summed E-state index contributed by atoms with van der Waals surface area (Å²) in [6.07, 6.45) is 13.2. The van der Waals surface area contributed by atoms with Crippen LogP contribution >= 0.6 is 0 Å². The van der Waals surface area contributed by atoms with E-state index in [1.165, 1.54) is 0 Å². The average molecular weight is 643 g/mol. The van der Waals surface area contributed by atoms with Gasteiger partial charge in [0.2, 0.25) is 17.7 Å². The molecule has 4 bridgehead atoms. The van der Waals surface area contributed by atoms with Gasteiger partial charge in [0, 0.05) is 24.8 Å². The molecule has 0 radical (unpaired) electrons. The third kappa shape index (κ3) is 7.69. The standard InChI is InChI=1S/C39H54N4O4/c1-2-47-31-10-8-30(9-11-31)25-33(43-36(46)39-15-12-28(13-16-39)14-17-39)35(45)42-32(24-29-6-4-3-5-7-29)34(44)41-27-38-21-18-37(26-40,19-22-38)20-23-38/h3-11,28,32-33H,2,12-27,40H2,1H3,(H,41,44)(H,42,45)(H,43,46)/t28?,32-,33+,37?,38?,39?/m0/s1. The fraction of sp³-hybridized carbons (Fsp3) is 0.615. The zero-order chi connectivity index (χ0) is 32.9. The number of nitrogens with two attached hydrogens (primary N) is 1. The van der Waals surface area contributed by atoms with Gasteiger partial charge < -0.3 is 26.4 Å². The number of hydrogen-bond donors (Lipinski definition) is 4. The van der Waals surface area contributed by atoms with Gasteiger partial charge in [-0.1, -0.05) is 42.5 Å². The number of rotatable bonds is 14. The van der Waals surface area contributed by atoms with E-state index in [1.54, 1.807) is 0 Å². The monoisotopic (exact) mass is 642 g/mol. The maximum Gasteiger partial charge on any atom is 0.243 e. The fourth-order valence-corrected chi connectivity index (χ4v) is 8.88. The molecule has 0 spiro atoms. The molecule has 6 aliphatic carbocycles. The minimum Gasteiger partial charge on any atom is -0.494 e. The lowest BCUT2D eigenvalue weighted by molar-refractivity contribution is -0.140. The molecule has 6 fully saturated rings. The molecule has 0 saturated heterocycles. The van der Waals surface area contributed by atoms with Crippen LogP contribution in [-0.4, -0.2) is 49.5 Å². The third-order valence-corrected chi connectivity index (χ3v) is 12.4. The zero-order valence-corrected chi connectivity index (χ0v) is 28.2. The SMILES string of the molecule is CCOc1ccc(C[C@@H](NC(=O)C23CCC(CC2)CC3)C(=O)N[C@@H](Cc2ccccc2)C(=O)NCC23CCC(CN)(CC2)CC3)cc1. The lowest BCUT2D eigenvalue weighted by Gasteiger charge is -2.53. The van der Waals surface area contributed by atoms with E-state index >= 15 is 0 Å². The third-order valence-electron chi connectivity index (χ3n) is 12.4. The molecule has 47 heavy (non-hydrogen) atoms. The maximum absolute atomic E-state index is 14.2. The molecule has 6 aliphatic rings. The summed E-state index contributed by atoms with van der Waals surface area (Å²) < 4.78 is 5.62. The van der Waals surface area contributed by atoms with Crippen LogP contribution in [0.5, 0.6) is 5.75 Å². The van der Waals surface area contributed by atoms with Gasteiger partial charge in [0.25, 0.3) is 0 Å². The molecule has 0 aromatic heterocycles. The van der Waals surface area contributed by atoms with Gasteiger partial charge >= 0.3 is 0 Å². The predicted molar refractivity (Wildman–Crippen MR) is 184 cm³/mol. The quantitative estimate of drug-likeness (QED) is 0.225. The highest BCUT2D eigenvalue weighted by atomic mass is 16.5. The molecule has 8 rings (SSSR count). The van der Waals surface area contributed by atoms with Crippen molar-refractivity contribution >= 4 is 17.7 Å². The van der Waals surface area contributed by atoms with Crippen LogP contribution in [0.3, 0.4) is 0 Å². The van der Waals surface area contributed by atoms with E-state index in [4.69, 9.17) is 10.5 Å². The van der Waals surface area contributed by atoms with Crippen molar-refractivity contribution in [3.8, 4) is 5.75 Å². The minimum atomic E-state index is -0.805. The molecule has 0 heterocycles. The molecule has 0 unspecified atom stereocenters. The Morgan fingerprint density at radius 2 is 1.30 bits per heavy atom. The molecule has 2 atom stereocenters. The number of hydrogen-bond acceptors (Lipinski definition) is 5. The van der Waals surface area contributed by atoms with Crippen molar-refractivity contribution in [2.75, 3.05) is 19.7 Å². The van der Waals surface area contributed by atoms with Crippen molar-refractivity contribution in [1.82, 2.24) is 16.0 Å². The second kappa shape index (κ2) is 14.4. The number of nitrogens with one attached hydrogen (secondary N) is 3. The lowest BCUT2D eigenvalue weighted by Crippen LogP contribution is -2.58. The van der Waals surface area contributed by atoms with E-state index in [2.05, 4.69) is 16.0 Å². The summed E-state index contributed by atoms with van der Waals surface area (Å²) in [6.45, 7) is 3.88. The molecule has 8 heteroatoms. The second-order valence-electron chi connectivity index (χ2n) is 15.2. The first kappa shape index (κ1) is 33.5. The lowest BCUT2D eigenvalue weighted by atomic mass is 9.54. The van der Waals surface area contributed by atoms with Gasteiger partial charge in [-0.25, -0.2) is 0 Å². The molecule has 2 aromatic rings. The van der Waals surface area contributed by atoms with Gasteiger partial charge in [-0.3, -0.25) is 14.4 Å². The Morgan fingerprint density at radius 3 is 1.87 bits per heavy atom. The van der Waals surface area contributed by atoms with E-state index in [1.807, 2.05) is 61.5 Å². The van der Waals surface area contributed by atoms with Gasteiger partial charge in [0.15, 0.2) is 0 Å². The zero-order valence-electron chi connectivity index (χ0n) is 28.2. The maximum atomic E-state index is 14.2. The molecule has 5 N–H and O–H groups in total. The topological polar surface area (TPSA) is 123 Å². The number of carbonyl (C=O) groups excluding carboxylic acids is 3. The Morgan fingerprint density at radius 1 is 0.745 bits per heavy atom. The molecule has 6 saturated carbocycles. The van der Waals surface area contributed by atoms with Crippen molar-refractivity contribution in [1.29, 1.82) is 0 Å². The van der Waals surface area contributed by atoms with E-state index < -0.39 is 17.5 Å². The number of fused-ring (bicyclic) bond motifs is 6. The average Bonchev–Trinajstić information content (AvgIpc) is 3.13. The summed E-state index contributed by atoms with van der Waals surface area (Å²) in [4.78, 5) is 42.0.